The van der Waals surface area contributed by atoms with Crippen molar-refractivity contribution in [1.29, 1.82) is 0 Å². The molecule has 3 aromatic rings. The van der Waals surface area contributed by atoms with Crippen LogP contribution in [0, 0.1) is 19.3 Å². The van der Waals surface area contributed by atoms with Crippen LogP contribution in [0.1, 0.15) is 30.0 Å². The largest absolute Gasteiger partial charge is 0.325 e. The molecule has 0 heterocycles. The Hall–Kier alpha value is -3.14. The van der Waals surface area contributed by atoms with Crippen LogP contribution < -0.4 is 10.6 Å². The average Bonchev–Trinajstić information content (AvgIpc) is 2.78. The Bertz CT molecular complexity index is 1080. The first-order valence-electron chi connectivity index (χ1n) is 10.2. The number of amides is 1. The van der Waals surface area contributed by atoms with Crippen molar-refractivity contribution in [2.24, 2.45) is 0 Å². The van der Waals surface area contributed by atoms with Crippen LogP contribution in [-0.2, 0) is 17.8 Å². The quantitative estimate of drug-likeness (QED) is 0.420. The monoisotopic (exact) mass is 449 g/mol. The van der Waals surface area contributed by atoms with Gasteiger partial charge in [0, 0.05) is 12.2 Å². The topological polar surface area (TPSA) is 45.5 Å². The fourth-order valence-electron chi connectivity index (χ4n) is 3.35. The lowest BCUT2D eigenvalue weighted by atomic mass is 9.91. The first-order valence-corrected chi connectivity index (χ1v) is 10.2. The highest BCUT2D eigenvalue weighted by Crippen LogP contribution is 2.24. The van der Waals surface area contributed by atoms with Crippen LogP contribution in [0.25, 0.3) is 4.85 Å². The van der Waals surface area contributed by atoms with E-state index in [0.29, 0.717) is 30.8 Å². The van der Waals surface area contributed by atoms with Gasteiger partial charge in [0.05, 0.1) is 12.1 Å². The highest BCUT2D eigenvalue weighted by molar-refractivity contribution is 7.59. The van der Waals surface area contributed by atoms with Crippen LogP contribution in [-0.4, -0.2) is 11.4 Å². The summed E-state index contributed by atoms with van der Waals surface area (Å²) in [6.45, 7) is 11.5. The van der Waals surface area contributed by atoms with Crippen molar-refractivity contribution in [3.8, 4) is 0 Å². The van der Waals surface area contributed by atoms with Gasteiger partial charge in [0.25, 0.3) is 0 Å². The number of hydrogen-bond acceptors (Lipinski definition) is 2. The summed E-state index contributed by atoms with van der Waals surface area (Å²) in [7, 11) is 0. The van der Waals surface area contributed by atoms with Crippen molar-refractivity contribution in [3.05, 3.63) is 107 Å². The number of halogens is 1. The van der Waals surface area contributed by atoms with E-state index in [-0.39, 0.29) is 25.2 Å². The van der Waals surface area contributed by atoms with Crippen LogP contribution in [0.3, 0.4) is 0 Å². The van der Waals surface area contributed by atoms with E-state index in [0.717, 1.165) is 16.7 Å². The summed E-state index contributed by atoms with van der Waals surface area (Å²) in [5.41, 5.74) is 3.25. The third kappa shape index (κ3) is 6.68. The third-order valence-electron chi connectivity index (χ3n) is 5.43. The lowest BCUT2D eigenvalue weighted by Crippen LogP contribution is -2.52. The second kappa shape index (κ2) is 11.5. The van der Waals surface area contributed by atoms with Crippen LogP contribution in [0.2, 0.25) is 0 Å². The molecule has 0 aromatic heterocycles. The predicted molar refractivity (Wildman–Crippen MR) is 133 cm³/mol. The van der Waals surface area contributed by atoms with Crippen LogP contribution in [0.4, 0.5) is 15.8 Å². The normalized spacial score (nSPS) is 12.2. The molecule has 0 bridgehead atoms. The number of aryl methyl sites for hydroxylation is 2. The Morgan fingerprint density at radius 1 is 1.03 bits per heavy atom. The molecule has 32 heavy (non-hydrogen) atoms. The number of nitrogens with one attached hydrogen (secondary N) is 2. The Morgan fingerprint density at radius 2 is 1.72 bits per heavy atom. The maximum atomic E-state index is 13.3. The highest BCUT2D eigenvalue weighted by Gasteiger charge is 2.32. The summed E-state index contributed by atoms with van der Waals surface area (Å²) in [5, 5.41) is 6.41. The Kier molecular flexibility index (Phi) is 9.01. The van der Waals surface area contributed by atoms with Crippen molar-refractivity contribution in [2.45, 2.75) is 38.8 Å². The average molecular weight is 450 g/mol. The molecule has 6 heteroatoms. The van der Waals surface area contributed by atoms with Gasteiger partial charge in [-0.05, 0) is 67.6 Å². The summed E-state index contributed by atoms with van der Waals surface area (Å²) >= 11 is 0. The zero-order valence-corrected chi connectivity index (χ0v) is 19.3. The first-order chi connectivity index (χ1) is 14.9. The van der Waals surface area contributed by atoms with Crippen molar-refractivity contribution < 1.29 is 9.18 Å². The molecule has 0 spiro atoms. The summed E-state index contributed by atoms with van der Waals surface area (Å²) in [6.07, 6.45) is 1.16. The van der Waals surface area contributed by atoms with Gasteiger partial charge in [-0.25, -0.2) is 9.24 Å². The van der Waals surface area contributed by atoms with E-state index >= 15 is 0 Å². The van der Waals surface area contributed by atoms with Crippen molar-refractivity contribution in [3.63, 3.8) is 0 Å². The Morgan fingerprint density at radius 3 is 2.34 bits per heavy atom. The zero-order chi connectivity index (χ0) is 22.3. The maximum absolute atomic E-state index is 13.3. The Balaban J connectivity index is 0.00000363. The number of nitrogens with zero attached hydrogens (tertiary/aromatic N) is 1. The molecule has 3 aromatic carbocycles. The lowest BCUT2D eigenvalue weighted by molar-refractivity contribution is -0.122. The molecule has 1 amide bonds. The minimum atomic E-state index is -0.851. The van der Waals surface area contributed by atoms with Gasteiger partial charge < -0.3 is 5.32 Å². The maximum Gasteiger partial charge on any atom is 0.244 e. The van der Waals surface area contributed by atoms with Crippen molar-refractivity contribution >= 4 is 30.8 Å². The second-order valence-corrected chi connectivity index (χ2v) is 7.86. The summed E-state index contributed by atoms with van der Waals surface area (Å²) in [5.74, 6) is -0.426. The van der Waals surface area contributed by atoms with Crippen molar-refractivity contribution in [2.75, 3.05) is 5.32 Å². The van der Waals surface area contributed by atoms with Crippen LogP contribution in [0.5, 0.6) is 0 Å². The van der Waals surface area contributed by atoms with Gasteiger partial charge in [-0.1, -0.05) is 48.5 Å². The first kappa shape index (κ1) is 25.1. The second-order valence-electron chi connectivity index (χ2n) is 7.86. The zero-order valence-electron chi connectivity index (χ0n) is 18.3. The minimum Gasteiger partial charge on any atom is -0.325 e. The number of hydrogen-bond donors (Lipinski definition) is 2. The molecule has 0 aliphatic heterocycles. The van der Waals surface area contributed by atoms with E-state index in [9.17, 15) is 9.18 Å². The fraction of sp³-hybridized carbons (Fsp3) is 0.231. The van der Waals surface area contributed by atoms with Gasteiger partial charge >= 0.3 is 0 Å². The summed E-state index contributed by atoms with van der Waals surface area (Å²) < 4.78 is 13.2. The molecule has 0 saturated heterocycles. The van der Waals surface area contributed by atoms with Gasteiger partial charge in [0.1, 0.15) is 5.82 Å². The van der Waals surface area contributed by atoms with Gasteiger partial charge in [0.15, 0.2) is 5.69 Å². The number of anilines is 1. The van der Waals surface area contributed by atoms with Crippen LogP contribution in [0.15, 0.2) is 72.8 Å². The molecule has 2 N–H and O–H groups in total. The fourth-order valence-corrected chi connectivity index (χ4v) is 3.35. The summed E-state index contributed by atoms with van der Waals surface area (Å²) in [6, 6.07) is 21.5. The van der Waals surface area contributed by atoms with E-state index in [2.05, 4.69) is 15.5 Å². The minimum absolute atomic E-state index is 0. The van der Waals surface area contributed by atoms with E-state index < -0.39 is 5.54 Å². The molecule has 0 radical (unpaired) electrons. The molecule has 0 unspecified atom stereocenters. The van der Waals surface area contributed by atoms with Gasteiger partial charge in [-0.2, -0.15) is 13.5 Å². The molecule has 166 valence electrons. The number of benzene rings is 3. The van der Waals surface area contributed by atoms with Crippen molar-refractivity contribution in [1.82, 2.24) is 5.32 Å². The number of carbonyl (C=O) groups is 1. The molecule has 0 aliphatic rings. The Labute approximate surface area is 196 Å². The molecule has 0 saturated carbocycles. The smallest absolute Gasteiger partial charge is 0.244 e. The molecular formula is C26H28FN3OS. The molecular weight excluding hydrogens is 421 g/mol. The van der Waals surface area contributed by atoms with Crippen LogP contribution >= 0.6 is 13.5 Å². The predicted octanol–water partition coefficient (Wildman–Crippen LogP) is 5.92. The van der Waals surface area contributed by atoms with E-state index in [4.69, 9.17) is 6.57 Å². The molecule has 3 rings (SSSR count). The van der Waals surface area contributed by atoms with E-state index in [1.807, 2.05) is 50.2 Å². The molecule has 4 nitrogen and oxygen atoms in total. The van der Waals surface area contributed by atoms with E-state index in [1.165, 1.54) is 12.1 Å². The van der Waals surface area contributed by atoms with Gasteiger partial charge in [-0.15, -0.1) is 0 Å². The number of rotatable bonds is 8. The highest BCUT2D eigenvalue weighted by atomic mass is 32.1. The van der Waals surface area contributed by atoms with Gasteiger partial charge in [0.2, 0.25) is 5.91 Å². The molecule has 0 aliphatic carbocycles. The molecule has 0 fully saturated rings. The SMILES string of the molecule is S.[C-]#[N+]c1ccc(NC(=O)[C@@](C)(CCc2ccc(F)cc2)NCc2ccccc2)cc1C. The molecule has 1 atom stereocenters. The van der Waals surface area contributed by atoms with Gasteiger partial charge in [-0.3, -0.25) is 10.1 Å². The summed E-state index contributed by atoms with van der Waals surface area (Å²) in [4.78, 5) is 16.8. The number of carbonyl (C=O) groups excluding carboxylic acids is 1. The third-order valence-corrected chi connectivity index (χ3v) is 5.43. The lowest BCUT2D eigenvalue weighted by Gasteiger charge is -2.30. The standard InChI is InChI=1S/C26H26FN3O.H2S/c1-19-17-23(13-14-24(19)28-3)30-25(31)26(2,29-18-21-7-5-4-6-8-21)16-15-20-9-11-22(27)12-10-20;/h4-14,17,29H,15-16,18H2,1-2H3,(H,30,31);1H2/t26-;/m1./s1. The van der Waals surface area contributed by atoms with E-state index in [1.54, 1.807) is 24.3 Å².